The fourth-order valence-electron chi connectivity index (χ4n) is 1.32. The van der Waals surface area contributed by atoms with Crippen LogP contribution in [0.4, 0.5) is 0 Å². The van der Waals surface area contributed by atoms with Gasteiger partial charge in [-0.1, -0.05) is 26.7 Å². The van der Waals surface area contributed by atoms with Gasteiger partial charge in [0.05, 0.1) is 5.66 Å². The SMILES string of the molecule is CCCC1(CCC)NN1. The number of rotatable bonds is 4. The molecule has 1 heterocycles. The molecular formula is C7H16N2. The third kappa shape index (κ3) is 1.66. The quantitative estimate of drug-likeness (QED) is 0.562. The van der Waals surface area contributed by atoms with Crippen molar-refractivity contribution in [3.63, 3.8) is 0 Å². The Balaban J connectivity index is 2.17. The first-order valence-electron chi connectivity index (χ1n) is 3.87. The minimum Gasteiger partial charge on any atom is -0.235 e. The van der Waals surface area contributed by atoms with Gasteiger partial charge in [-0.05, 0) is 12.8 Å². The topological polar surface area (TPSA) is 43.9 Å². The van der Waals surface area contributed by atoms with Gasteiger partial charge in [-0.25, -0.2) is 10.9 Å². The predicted octanol–water partition coefficient (Wildman–Crippen LogP) is 1.39. The monoisotopic (exact) mass is 128 g/mol. The van der Waals surface area contributed by atoms with Crippen LogP contribution < -0.4 is 10.9 Å². The van der Waals surface area contributed by atoms with Crippen LogP contribution in [0.3, 0.4) is 0 Å². The van der Waals surface area contributed by atoms with Crippen LogP contribution in [0.2, 0.25) is 0 Å². The van der Waals surface area contributed by atoms with E-state index in [1.165, 1.54) is 25.7 Å². The fraction of sp³-hybridized carbons (Fsp3) is 1.00. The Hall–Kier alpha value is -0.0800. The zero-order chi connectivity index (χ0) is 6.74. The van der Waals surface area contributed by atoms with E-state index in [0.29, 0.717) is 5.66 Å². The van der Waals surface area contributed by atoms with Crippen LogP contribution in [0, 0.1) is 0 Å². The second kappa shape index (κ2) is 2.67. The molecule has 0 bridgehead atoms. The van der Waals surface area contributed by atoms with E-state index in [2.05, 4.69) is 24.7 Å². The maximum Gasteiger partial charge on any atom is 0.0943 e. The molecule has 1 fully saturated rings. The van der Waals surface area contributed by atoms with Gasteiger partial charge in [0.2, 0.25) is 0 Å². The van der Waals surface area contributed by atoms with Gasteiger partial charge in [-0.15, -0.1) is 0 Å². The van der Waals surface area contributed by atoms with Gasteiger partial charge in [0.1, 0.15) is 0 Å². The second-order valence-electron chi connectivity index (χ2n) is 2.83. The van der Waals surface area contributed by atoms with Crippen molar-refractivity contribution < 1.29 is 0 Å². The summed E-state index contributed by atoms with van der Waals surface area (Å²) in [6.07, 6.45) is 5.06. The van der Waals surface area contributed by atoms with Crippen LogP contribution in [0.1, 0.15) is 39.5 Å². The highest BCUT2D eigenvalue weighted by Gasteiger charge is 2.38. The van der Waals surface area contributed by atoms with Gasteiger partial charge in [0.25, 0.3) is 0 Å². The Morgan fingerprint density at radius 3 is 1.67 bits per heavy atom. The smallest absolute Gasteiger partial charge is 0.0943 e. The van der Waals surface area contributed by atoms with Crippen molar-refractivity contribution >= 4 is 0 Å². The van der Waals surface area contributed by atoms with Crippen molar-refractivity contribution in [2.45, 2.75) is 45.2 Å². The number of hydrogen-bond donors (Lipinski definition) is 2. The molecule has 0 aromatic heterocycles. The first-order chi connectivity index (χ1) is 4.33. The standard InChI is InChI=1S/C7H16N2/c1-3-5-7(6-4-2)8-9-7/h8-9H,3-6H2,1-2H3. The van der Waals surface area contributed by atoms with E-state index in [-0.39, 0.29) is 0 Å². The van der Waals surface area contributed by atoms with Crippen LogP contribution >= 0.6 is 0 Å². The number of nitrogens with one attached hydrogen (secondary N) is 2. The molecule has 9 heavy (non-hydrogen) atoms. The second-order valence-corrected chi connectivity index (χ2v) is 2.83. The molecule has 0 atom stereocenters. The molecule has 2 N–H and O–H groups in total. The van der Waals surface area contributed by atoms with E-state index < -0.39 is 0 Å². The molecule has 0 unspecified atom stereocenters. The first kappa shape index (κ1) is 7.03. The van der Waals surface area contributed by atoms with Crippen molar-refractivity contribution in [2.75, 3.05) is 0 Å². The van der Waals surface area contributed by atoms with Gasteiger partial charge in [0.15, 0.2) is 0 Å². The average Bonchev–Trinajstić information content (AvgIpc) is 2.51. The molecule has 1 aliphatic rings. The van der Waals surface area contributed by atoms with Crippen LogP contribution in [-0.2, 0) is 0 Å². The van der Waals surface area contributed by atoms with E-state index in [9.17, 15) is 0 Å². The number of hydrazine groups is 1. The van der Waals surface area contributed by atoms with Crippen molar-refractivity contribution in [1.29, 1.82) is 0 Å². The van der Waals surface area contributed by atoms with Crippen molar-refractivity contribution in [2.24, 2.45) is 0 Å². The normalized spacial score (nSPS) is 22.0. The molecule has 0 aromatic carbocycles. The lowest BCUT2D eigenvalue weighted by Gasteiger charge is -2.06. The molecule has 0 saturated carbocycles. The molecule has 1 saturated heterocycles. The highest BCUT2D eigenvalue weighted by atomic mass is 15.7. The maximum atomic E-state index is 3.20. The Morgan fingerprint density at radius 1 is 1.00 bits per heavy atom. The van der Waals surface area contributed by atoms with E-state index >= 15 is 0 Å². The van der Waals surface area contributed by atoms with Crippen LogP contribution in [0.15, 0.2) is 0 Å². The lowest BCUT2D eigenvalue weighted by molar-refractivity contribution is 0.497. The van der Waals surface area contributed by atoms with Gasteiger partial charge in [-0.2, -0.15) is 0 Å². The van der Waals surface area contributed by atoms with Crippen molar-refractivity contribution in [3.8, 4) is 0 Å². The molecule has 0 radical (unpaired) electrons. The molecule has 0 aromatic rings. The summed E-state index contributed by atoms with van der Waals surface area (Å²) in [5.74, 6) is 0. The van der Waals surface area contributed by atoms with Crippen LogP contribution in [0.5, 0.6) is 0 Å². The summed E-state index contributed by atoms with van der Waals surface area (Å²) in [6, 6.07) is 0. The summed E-state index contributed by atoms with van der Waals surface area (Å²) in [7, 11) is 0. The molecule has 54 valence electrons. The first-order valence-corrected chi connectivity index (χ1v) is 3.87. The highest BCUT2D eigenvalue weighted by Crippen LogP contribution is 2.22. The third-order valence-corrected chi connectivity index (χ3v) is 1.83. The molecule has 2 nitrogen and oxygen atoms in total. The van der Waals surface area contributed by atoms with E-state index in [1.54, 1.807) is 0 Å². The maximum absolute atomic E-state index is 3.20. The molecule has 0 spiro atoms. The lowest BCUT2D eigenvalue weighted by Crippen LogP contribution is -2.16. The van der Waals surface area contributed by atoms with E-state index in [4.69, 9.17) is 0 Å². The van der Waals surface area contributed by atoms with Gasteiger partial charge in [-0.3, -0.25) is 0 Å². The Bertz CT molecular complexity index is 78.9. The third-order valence-electron chi connectivity index (χ3n) is 1.83. The molecule has 2 heteroatoms. The summed E-state index contributed by atoms with van der Waals surface area (Å²) in [4.78, 5) is 0. The minimum absolute atomic E-state index is 0.351. The van der Waals surface area contributed by atoms with Gasteiger partial charge < -0.3 is 0 Å². The Morgan fingerprint density at radius 2 is 1.44 bits per heavy atom. The zero-order valence-electron chi connectivity index (χ0n) is 6.33. The van der Waals surface area contributed by atoms with Crippen molar-refractivity contribution in [3.05, 3.63) is 0 Å². The molecular weight excluding hydrogens is 112 g/mol. The van der Waals surface area contributed by atoms with Gasteiger partial charge in [0, 0.05) is 0 Å². The average molecular weight is 128 g/mol. The number of hydrogen-bond acceptors (Lipinski definition) is 2. The fourth-order valence-corrected chi connectivity index (χ4v) is 1.32. The molecule has 0 aliphatic carbocycles. The molecule has 1 rings (SSSR count). The van der Waals surface area contributed by atoms with Crippen molar-refractivity contribution in [1.82, 2.24) is 10.9 Å². The Labute approximate surface area is 57.0 Å². The van der Waals surface area contributed by atoms with Crippen LogP contribution in [0.25, 0.3) is 0 Å². The zero-order valence-corrected chi connectivity index (χ0v) is 6.33. The minimum atomic E-state index is 0.351. The summed E-state index contributed by atoms with van der Waals surface area (Å²) >= 11 is 0. The highest BCUT2D eigenvalue weighted by molar-refractivity contribution is 4.92. The van der Waals surface area contributed by atoms with E-state index in [1.807, 2.05) is 0 Å². The summed E-state index contributed by atoms with van der Waals surface area (Å²) < 4.78 is 0. The molecule has 1 aliphatic heterocycles. The van der Waals surface area contributed by atoms with E-state index in [0.717, 1.165) is 0 Å². The Kier molecular flexibility index (Phi) is 2.09. The summed E-state index contributed by atoms with van der Waals surface area (Å²) in [5.41, 5.74) is 6.75. The predicted molar refractivity (Wildman–Crippen MR) is 38.8 cm³/mol. The largest absolute Gasteiger partial charge is 0.235 e. The van der Waals surface area contributed by atoms with Crippen LogP contribution in [-0.4, -0.2) is 5.66 Å². The van der Waals surface area contributed by atoms with Gasteiger partial charge >= 0.3 is 0 Å². The summed E-state index contributed by atoms with van der Waals surface area (Å²) in [5, 5.41) is 0. The summed E-state index contributed by atoms with van der Waals surface area (Å²) in [6.45, 7) is 4.44. The molecule has 0 amide bonds. The lowest BCUT2D eigenvalue weighted by atomic mass is 10.0.